The number of thioether (sulfide) groups is 1. The molecule has 0 aromatic rings. The molecular weight excluding hydrogens is 274 g/mol. The van der Waals surface area contributed by atoms with Gasteiger partial charge in [0.1, 0.15) is 0 Å². The number of rotatable bonds is 4. The standard InChI is InChI=1S/C11H19NO4S2/c1-8-4-10(6-17-8)12(5-11(13)14)9-2-3-18(15,16)7-9/h8-10H,2-7H2,1H3,(H,13,14). The summed E-state index contributed by atoms with van der Waals surface area (Å²) in [5.41, 5.74) is 0. The SMILES string of the molecule is CC1CC(N(CC(=O)O)C2CCS(=O)(=O)C2)CS1. The summed E-state index contributed by atoms with van der Waals surface area (Å²) in [4.78, 5) is 12.9. The average molecular weight is 293 g/mol. The molecule has 3 atom stereocenters. The fourth-order valence-corrected chi connectivity index (χ4v) is 5.75. The van der Waals surface area contributed by atoms with Crippen molar-refractivity contribution in [1.82, 2.24) is 4.90 Å². The van der Waals surface area contributed by atoms with Gasteiger partial charge in [0.25, 0.3) is 0 Å². The Morgan fingerprint density at radius 3 is 2.61 bits per heavy atom. The average Bonchev–Trinajstić information content (AvgIpc) is 2.81. The molecular formula is C11H19NO4S2. The molecule has 2 fully saturated rings. The summed E-state index contributed by atoms with van der Waals surface area (Å²) in [6.07, 6.45) is 1.53. The van der Waals surface area contributed by atoms with Gasteiger partial charge in [-0.1, -0.05) is 6.92 Å². The smallest absolute Gasteiger partial charge is 0.317 e. The predicted molar refractivity (Wildman–Crippen MR) is 71.7 cm³/mol. The fraction of sp³-hybridized carbons (Fsp3) is 0.909. The third-order valence-corrected chi connectivity index (χ3v) is 6.73. The third kappa shape index (κ3) is 3.39. The van der Waals surface area contributed by atoms with Crippen LogP contribution in [0.25, 0.3) is 0 Å². The van der Waals surface area contributed by atoms with E-state index in [1.807, 2.05) is 16.7 Å². The van der Waals surface area contributed by atoms with Crippen LogP contribution in [0.1, 0.15) is 19.8 Å². The van der Waals surface area contributed by atoms with Gasteiger partial charge < -0.3 is 5.11 Å². The van der Waals surface area contributed by atoms with Gasteiger partial charge >= 0.3 is 5.97 Å². The molecule has 2 heterocycles. The highest BCUT2D eigenvalue weighted by Crippen LogP contribution is 2.32. The van der Waals surface area contributed by atoms with Crippen molar-refractivity contribution in [3.63, 3.8) is 0 Å². The van der Waals surface area contributed by atoms with E-state index >= 15 is 0 Å². The molecule has 0 aromatic carbocycles. The molecule has 0 spiro atoms. The van der Waals surface area contributed by atoms with Crippen molar-refractivity contribution in [1.29, 1.82) is 0 Å². The second-order valence-electron chi connectivity index (χ2n) is 5.16. The van der Waals surface area contributed by atoms with Gasteiger partial charge in [-0.25, -0.2) is 8.42 Å². The molecule has 0 aliphatic carbocycles. The van der Waals surface area contributed by atoms with Crippen LogP contribution in [-0.4, -0.2) is 65.5 Å². The van der Waals surface area contributed by atoms with Gasteiger partial charge in [0.15, 0.2) is 9.84 Å². The molecule has 3 unspecified atom stereocenters. The summed E-state index contributed by atoms with van der Waals surface area (Å²) in [6, 6.07) is 0.0985. The van der Waals surface area contributed by atoms with Gasteiger partial charge in [-0.05, 0) is 12.8 Å². The highest BCUT2D eigenvalue weighted by atomic mass is 32.2. The lowest BCUT2D eigenvalue weighted by molar-refractivity contribution is -0.139. The van der Waals surface area contributed by atoms with Crippen LogP contribution >= 0.6 is 11.8 Å². The zero-order valence-electron chi connectivity index (χ0n) is 10.4. The summed E-state index contributed by atoms with van der Waals surface area (Å²) in [7, 11) is -2.96. The minimum atomic E-state index is -2.96. The van der Waals surface area contributed by atoms with E-state index in [1.165, 1.54) is 0 Å². The van der Waals surface area contributed by atoms with Gasteiger partial charge in [-0.2, -0.15) is 11.8 Å². The first-order valence-corrected chi connectivity index (χ1v) is 9.04. The van der Waals surface area contributed by atoms with E-state index in [0.717, 1.165) is 12.2 Å². The maximum Gasteiger partial charge on any atom is 0.317 e. The van der Waals surface area contributed by atoms with E-state index in [2.05, 4.69) is 6.92 Å². The van der Waals surface area contributed by atoms with Gasteiger partial charge in [0.2, 0.25) is 0 Å². The second kappa shape index (κ2) is 5.38. The molecule has 0 bridgehead atoms. The van der Waals surface area contributed by atoms with Crippen LogP contribution in [0.15, 0.2) is 0 Å². The Labute approximate surface area is 112 Å². The topological polar surface area (TPSA) is 74.7 Å². The van der Waals surface area contributed by atoms with Crippen LogP contribution < -0.4 is 0 Å². The molecule has 2 saturated heterocycles. The van der Waals surface area contributed by atoms with Crippen LogP contribution in [0.2, 0.25) is 0 Å². The molecule has 2 rings (SSSR count). The minimum Gasteiger partial charge on any atom is -0.480 e. The van der Waals surface area contributed by atoms with Crippen molar-refractivity contribution in [2.24, 2.45) is 0 Å². The van der Waals surface area contributed by atoms with E-state index < -0.39 is 15.8 Å². The van der Waals surface area contributed by atoms with Crippen LogP contribution in [0, 0.1) is 0 Å². The van der Waals surface area contributed by atoms with Crippen LogP contribution in [0.3, 0.4) is 0 Å². The highest BCUT2D eigenvalue weighted by Gasteiger charge is 2.38. The third-order valence-electron chi connectivity index (χ3n) is 3.64. The first-order valence-electron chi connectivity index (χ1n) is 6.17. The Morgan fingerprint density at radius 1 is 1.44 bits per heavy atom. The van der Waals surface area contributed by atoms with Crippen LogP contribution in [0.4, 0.5) is 0 Å². The zero-order chi connectivity index (χ0) is 13.3. The number of carboxylic acids is 1. The molecule has 2 aliphatic rings. The zero-order valence-corrected chi connectivity index (χ0v) is 12.0. The largest absolute Gasteiger partial charge is 0.480 e. The normalized spacial score (nSPS) is 35.1. The van der Waals surface area contributed by atoms with Crippen molar-refractivity contribution < 1.29 is 18.3 Å². The van der Waals surface area contributed by atoms with E-state index in [-0.39, 0.29) is 30.1 Å². The monoisotopic (exact) mass is 293 g/mol. The maximum atomic E-state index is 11.5. The van der Waals surface area contributed by atoms with Crippen molar-refractivity contribution in [3.05, 3.63) is 0 Å². The molecule has 1 N–H and O–H groups in total. The molecule has 18 heavy (non-hydrogen) atoms. The Kier molecular flexibility index (Phi) is 4.23. The minimum absolute atomic E-state index is 0.0435. The quantitative estimate of drug-likeness (QED) is 0.811. The number of hydrogen-bond acceptors (Lipinski definition) is 5. The van der Waals surface area contributed by atoms with E-state index in [1.54, 1.807) is 0 Å². The van der Waals surface area contributed by atoms with Crippen molar-refractivity contribution in [2.45, 2.75) is 37.1 Å². The molecule has 2 aliphatic heterocycles. The summed E-state index contributed by atoms with van der Waals surface area (Å²) >= 11 is 1.84. The molecule has 5 nitrogen and oxygen atoms in total. The number of hydrogen-bond donors (Lipinski definition) is 1. The fourth-order valence-electron chi connectivity index (χ4n) is 2.78. The van der Waals surface area contributed by atoms with Crippen LogP contribution in [-0.2, 0) is 14.6 Å². The first kappa shape index (κ1) is 14.1. The number of aliphatic carboxylic acids is 1. The molecule has 0 saturated carbocycles. The summed E-state index contributed by atoms with van der Waals surface area (Å²) < 4.78 is 23.1. The van der Waals surface area contributed by atoms with E-state index in [9.17, 15) is 13.2 Å². The summed E-state index contributed by atoms with van der Waals surface area (Å²) in [5.74, 6) is 0.355. The Hall–Kier alpha value is -0.270. The predicted octanol–water partition coefficient (Wildman–Crippen LogP) is 0.454. The molecule has 7 heteroatoms. The lowest BCUT2D eigenvalue weighted by Crippen LogP contribution is -2.47. The second-order valence-corrected chi connectivity index (χ2v) is 8.86. The summed E-state index contributed by atoms with van der Waals surface area (Å²) in [5, 5.41) is 9.53. The van der Waals surface area contributed by atoms with Crippen LogP contribution in [0.5, 0.6) is 0 Å². The number of carboxylic acid groups (broad SMARTS) is 1. The Morgan fingerprint density at radius 2 is 2.17 bits per heavy atom. The lowest BCUT2D eigenvalue weighted by Gasteiger charge is -2.31. The molecule has 0 radical (unpaired) electrons. The lowest BCUT2D eigenvalue weighted by atomic mass is 10.1. The van der Waals surface area contributed by atoms with E-state index in [4.69, 9.17) is 5.11 Å². The van der Waals surface area contributed by atoms with Crippen molar-refractivity contribution >= 4 is 27.6 Å². The van der Waals surface area contributed by atoms with Gasteiger partial charge in [-0.3, -0.25) is 9.69 Å². The number of carbonyl (C=O) groups is 1. The van der Waals surface area contributed by atoms with Gasteiger partial charge in [0.05, 0.1) is 18.1 Å². The number of sulfone groups is 1. The maximum absolute atomic E-state index is 11.5. The molecule has 0 amide bonds. The van der Waals surface area contributed by atoms with Crippen molar-refractivity contribution in [3.8, 4) is 0 Å². The molecule has 104 valence electrons. The Bertz CT molecular complexity index is 423. The Balaban J connectivity index is 2.08. The van der Waals surface area contributed by atoms with E-state index in [0.29, 0.717) is 11.7 Å². The van der Waals surface area contributed by atoms with Crippen molar-refractivity contribution in [2.75, 3.05) is 23.8 Å². The number of nitrogens with zero attached hydrogens (tertiary/aromatic N) is 1. The molecule has 0 aromatic heterocycles. The van der Waals surface area contributed by atoms with Gasteiger partial charge in [0, 0.05) is 23.1 Å². The van der Waals surface area contributed by atoms with Gasteiger partial charge in [-0.15, -0.1) is 0 Å². The summed E-state index contributed by atoms with van der Waals surface area (Å²) in [6.45, 7) is 2.09. The highest BCUT2D eigenvalue weighted by molar-refractivity contribution is 8.00. The first-order chi connectivity index (χ1) is 8.37.